The molecule has 140 valence electrons. The van der Waals surface area contributed by atoms with Gasteiger partial charge < -0.3 is 29.7 Å². The van der Waals surface area contributed by atoms with E-state index in [-0.39, 0.29) is 12.5 Å². The van der Waals surface area contributed by atoms with E-state index in [1.54, 1.807) is 21.2 Å². The van der Waals surface area contributed by atoms with Crippen LogP contribution in [-0.4, -0.2) is 90.6 Å². The van der Waals surface area contributed by atoms with Gasteiger partial charge in [0.15, 0.2) is 5.96 Å². The predicted octanol–water partition coefficient (Wildman–Crippen LogP) is -0.301. The maximum absolute atomic E-state index is 11.6. The van der Waals surface area contributed by atoms with Crippen molar-refractivity contribution in [2.75, 3.05) is 73.9 Å². The molecule has 1 aliphatic heterocycles. The Bertz CT molecular complexity index is 371. The molecule has 8 nitrogen and oxygen atoms in total. The second-order valence-corrected chi connectivity index (χ2v) is 5.96. The lowest BCUT2D eigenvalue weighted by atomic mass is 10.1. The highest BCUT2D eigenvalue weighted by atomic mass is 16.5. The Morgan fingerprint density at radius 2 is 2.08 bits per heavy atom. The van der Waals surface area contributed by atoms with Gasteiger partial charge in [0.1, 0.15) is 6.54 Å². The zero-order chi connectivity index (χ0) is 17.6. The lowest BCUT2D eigenvalue weighted by Gasteiger charge is -2.14. The fourth-order valence-electron chi connectivity index (χ4n) is 2.08. The molecular weight excluding hydrogens is 312 g/mol. The maximum Gasteiger partial charge on any atom is 0.243 e. The largest absolute Gasteiger partial charge is 0.383 e. The second kappa shape index (κ2) is 13.0. The molecule has 1 saturated heterocycles. The van der Waals surface area contributed by atoms with Gasteiger partial charge >= 0.3 is 0 Å². The van der Waals surface area contributed by atoms with Gasteiger partial charge in [-0.05, 0) is 12.8 Å². The first-order valence-electron chi connectivity index (χ1n) is 8.50. The lowest BCUT2D eigenvalue weighted by Crippen LogP contribution is -2.40. The number of ether oxygens (including phenoxy) is 3. The monoisotopic (exact) mass is 344 g/mol. The highest BCUT2D eigenvalue weighted by Crippen LogP contribution is 2.12. The minimum Gasteiger partial charge on any atom is -0.383 e. The fraction of sp³-hybridized carbons (Fsp3) is 0.875. The summed E-state index contributed by atoms with van der Waals surface area (Å²) in [6, 6.07) is 0. The molecule has 0 radical (unpaired) electrons. The Labute approximate surface area is 144 Å². The number of nitrogens with one attached hydrogen (secondary N) is 2. The van der Waals surface area contributed by atoms with Crippen LogP contribution in [0.5, 0.6) is 0 Å². The highest BCUT2D eigenvalue weighted by molar-refractivity contribution is 5.84. The molecule has 2 N–H and O–H groups in total. The van der Waals surface area contributed by atoms with E-state index in [0.717, 1.165) is 39.2 Å². The van der Waals surface area contributed by atoms with Crippen LogP contribution in [0.4, 0.5) is 0 Å². The summed E-state index contributed by atoms with van der Waals surface area (Å²) in [5.74, 6) is 1.12. The van der Waals surface area contributed by atoms with Crippen molar-refractivity contribution in [2.24, 2.45) is 10.9 Å². The molecule has 1 amide bonds. The number of hydrogen-bond donors (Lipinski definition) is 2. The normalized spacial score (nSPS) is 17.8. The van der Waals surface area contributed by atoms with Gasteiger partial charge in [0.05, 0.1) is 19.8 Å². The predicted molar refractivity (Wildman–Crippen MR) is 93.2 cm³/mol. The van der Waals surface area contributed by atoms with Crippen molar-refractivity contribution in [3.63, 3.8) is 0 Å². The van der Waals surface area contributed by atoms with E-state index in [1.165, 1.54) is 4.90 Å². The third-order valence-corrected chi connectivity index (χ3v) is 3.61. The summed E-state index contributed by atoms with van der Waals surface area (Å²) >= 11 is 0. The number of nitrogens with zero attached hydrogens (tertiary/aromatic N) is 2. The van der Waals surface area contributed by atoms with Gasteiger partial charge in [-0.1, -0.05) is 0 Å². The summed E-state index contributed by atoms with van der Waals surface area (Å²) < 4.78 is 16.0. The molecule has 8 heteroatoms. The molecule has 0 aromatic heterocycles. The van der Waals surface area contributed by atoms with Crippen LogP contribution in [0.2, 0.25) is 0 Å². The average Bonchev–Trinajstić information content (AvgIpc) is 3.08. The third-order valence-electron chi connectivity index (χ3n) is 3.61. The standard InChI is InChI=1S/C16H32N4O4/c1-20(2)15(21)11-19-16(18-7-10-22-3)17-6-4-8-23-12-14-5-9-24-13-14/h14H,4-13H2,1-3H3,(H2,17,18,19). The summed E-state index contributed by atoms with van der Waals surface area (Å²) in [4.78, 5) is 17.4. The number of amides is 1. The molecule has 0 aromatic rings. The van der Waals surface area contributed by atoms with E-state index >= 15 is 0 Å². The van der Waals surface area contributed by atoms with E-state index in [4.69, 9.17) is 14.2 Å². The minimum atomic E-state index is -0.0371. The lowest BCUT2D eigenvalue weighted by molar-refractivity contribution is -0.127. The van der Waals surface area contributed by atoms with Crippen molar-refractivity contribution in [3.8, 4) is 0 Å². The molecule has 1 rings (SSSR count). The summed E-state index contributed by atoms with van der Waals surface area (Å²) in [5.41, 5.74) is 0. The summed E-state index contributed by atoms with van der Waals surface area (Å²) in [7, 11) is 5.08. The molecule has 0 spiro atoms. The number of rotatable bonds is 11. The van der Waals surface area contributed by atoms with Gasteiger partial charge in [-0.25, -0.2) is 4.99 Å². The van der Waals surface area contributed by atoms with E-state index < -0.39 is 0 Å². The van der Waals surface area contributed by atoms with Gasteiger partial charge in [-0.15, -0.1) is 0 Å². The number of likely N-dealkylation sites (N-methyl/N-ethyl adjacent to an activating group) is 1. The Balaban J connectivity index is 2.19. The number of methoxy groups -OCH3 is 1. The van der Waals surface area contributed by atoms with E-state index in [0.29, 0.717) is 31.6 Å². The number of aliphatic imine (C=N–C) groups is 1. The van der Waals surface area contributed by atoms with Crippen LogP contribution in [0, 0.1) is 5.92 Å². The topological polar surface area (TPSA) is 84.4 Å². The molecule has 0 aromatic carbocycles. The van der Waals surface area contributed by atoms with Crippen molar-refractivity contribution in [3.05, 3.63) is 0 Å². The minimum absolute atomic E-state index is 0.0371. The molecule has 0 aliphatic carbocycles. The SMILES string of the molecule is COCCNC(=NCC(=O)N(C)C)NCCCOCC1CCOC1. The van der Waals surface area contributed by atoms with Crippen LogP contribution >= 0.6 is 0 Å². The molecule has 24 heavy (non-hydrogen) atoms. The molecule has 1 atom stereocenters. The van der Waals surface area contributed by atoms with Crippen LogP contribution in [-0.2, 0) is 19.0 Å². The summed E-state index contributed by atoms with van der Waals surface area (Å²) in [6.45, 7) is 5.21. The first-order valence-corrected chi connectivity index (χ1v) is 8.50. The number of carbonyl (C=O) groups excluding carboxylic acids is 1. The quantitative estimate of drug-likeness (QED) is 0.304. The van der Waals surface area contributed by atoms with Gasteiger partial charge in [0.2, 0.25) is 5.91 Å². The molecule has 1 aliphatic rings. The van der Waals surface area contributed by atoms with Gasteiger partial charge in [-0.3, -0.25) is 4.79 Å². The van der Waals surface area contributed by atoms with Crippen molar-refractivity contribution in [1.29, 1.82) is 0 Å². The van der Waals surface area contributed by atoms with Gasteiger partial charge in [-0.2, -0.15) is 0 Å². The van der Waals surface area contributed by atoms with Crippen molar-refractivity contribution >= 4 is 11.9 Å². The van der Waals surface area contributed by atoms with Crippen LogP contribution in [0.15, 0.2) is 4.99 Å². The van der Waals surface area contributed by atoms with Crippen LogP contribution in [0.1, 0.15) is 12.8 Å². The molecule has 1 fully saturated rings. The van der Waals surface area contributed by atoms with Crippen molar-refractivity contribution in [1.82, 2.24) is 15.5 Å². The first kappa shape index (κ1) is 20.7. The molecular formula is C16H32N4O4. The first-order chi connectivity index (χ1) is 11.6. The zero-order valence-electron chi connectivity index (χ0n) is 15.2. The fourth-order valence-corrected chi connectivity index (χ4v) is 2.08. The average molecular weight is 344 g/mol. The van der Waals surface area contributed by atoms with Crippen molar-refractivity contribution < 1.29 is 19.0 Å². The molecule has 0 bridgehead atoms. The van der Waals surface area contributed by atoms with Gasteiger partial charge in [0, 0.05) is 53.4 Å². The second-order valence-electron chi connectivity index (χ2n) is 5.96. The van der Waals surface area contributed by atoms with Crippen molar-refractivity contribution in [2.45, 2.75) is 12.8 Å². The maximum atomic E-state index is 11.6. The summed E-state index contributed by atoms with van der Waals surface area (Å²) in [6.07, 6.45) is 1.97. The molecule has 1 unspecified atom stereocenters. The Morgan fingerprint density at radius 1 is 1.29 bits per heavy atom. The number of hydrogen-bond acceptors (Lipinski definition) is 5. The number of guanidine groups is 1. The van der Waals surface area contributed by atoms with Crippen LogP contribution in [0.25, 0.3) is 0 Å². The van der Waals surface area contributed by atoms with Crippen LogP contribution in [0.3, 0.4) is 0 Å². The van der Waals surface area contributed by atoms with Gasteiger partial charge in [0.25, 0.3) is 0 Å². The zero-order valence-corrected chi connectivity index (χ0v) is 15.2. The van der Waals surface area contributed by atoms with E-state index in [2.05, 4.69) is 15.6 Å². The Kier molecular flexibility index (Phi) is 11.2. The number of carbonyl (C=O) groups is 1. The van der Waals surface area contributed by atoms with Crippen LogP contribution < -0.4 is 10.6 Å². The Morgan fingerprint density at radius 3 is 2.75 bits per heavy atom. The van der Waals surface area contributed by atoms with E-state index in [9.17, 15) is 4.79 Å². The summed E-state index contributed by atoms with van der Waals surface area (Å²) in [5, 5.41) is 6.35. The highest BCUT2D eigenvalue weighted by Gasteiger charge is 2.15. The third kappa shape index (κ3) is 9.69. The Hall–Kier alpha value is -1.38. The van der Waals surface area contributed by atoms with E-state index in [1.807, 2.05) is 0 Å². The smallest absolute Gasteiger partial charge is 0.243 e. The molecule has 1 heterocycles. The molecule has 0 saturated carbocycles.